The standard InChI is InChI=1S/C18H17FINO3/c1-11(2)14-9-12(20)7-8-16(14)21-17(22)10-24-18(23)13-5-3-4-6-15(13)19/h3-9,11H,10H2,1-2H3,(H,21,22). The van der Waals surface area contributed by atoms with E-state index in [1.165, 1.54) is 18.2 Å². The van der Waals surface area contributed by atoms with Crippen molar-refractivity contribution in [1.82, 2.24) is 0 Å². The second-order valence-electron chi connectivity index (χ2n) is 5.49. The van der Waals surface area contributed by atoms with Gasteiger partial charge in [-0.15, -0.1) is 0 Å². The van der Waals surface area contributed by atoms with Crippen LogP contribution in [-0.2, 0) is 9.53 Å². The van der Waals surface area contributed by atoms with Gasteiger partial charge in [-0.3, -0.25) is 4.79 Å². The molecule has 0 bridgehead atoms. The number of amides is 1. The molecule has 0 spiro atoms. The second kappa shape index (κ2) is 8.23. The van der Waals surface area contributed by atoms with Crippen molar-refractivity contribution in [3.05, 3.63) is 63.0 Å². The Hall–Kier alpha value is -1.96. The minimum atomic E-state index is -0.866. The molecule has 24 heavy (non-hydrogen) atoms. The zero-order valence-electron chi connectivity index (χ0n) is 13.3. The number of halogens is 2. The highest BCUT2D eigenvalue weighted by molar-refractivity contribution is 14.1. The number of ether oxygens (including phenoxy) is 1. The zero-order chi connectivity index (χ0) is 17.7. The fraction of sp³-hybridized carbons (Fsp3) is 0.222. The summed E-state index contributed by atoms with van der Waals surface area (Å²) in [4.78, 5) is 23.8. The van der Waals surface area contributed by atoms with Gasteiger partial charge in [0.15, 0.2) is 6.61 Å². The average Bonchev–Trinajstić information content (AvgIpc) is 2.54. The van der Waals surface area contributed by atoms with Crippen molar-refractivity contribution in [2.24, 2.45) is 0 Å². The maximum absolute atomic E-state index is 13.5. The third-order valence-electron chi connectivity index (χ3n) is 3.34. The first-order valence-electron chi connectivity index (χ1n) is 7.39. The number of esters is 1. The summed E-state index contributed by atoms with van der Waals surface area (Å²) in [5.41, 5.74) is 1.48. The van der Waals surface area contributed by atoms with Crippen molar-refractivity contribution in [3.63, 3.8) is 0 Å². The molecule has 0 unspecified atom stereocenters. The molecular formula is C18H17FINO3. The Morgan fingerprint density at radius 3 is 2.58 bits per heavy atom. The van der Waals surface area contributed by atoms with E-state index in [1.54, 1.807) is 0 Å². The molecule has 4 nitrogen and oxygen atoms in total. The van der Waals surface area contributed by atoms with Crippen molar-refractivity contribution < 1.29 is 18.7 Å². The molecule has 0 fully saturated rings. The minimum Gasteiger partial charge on any atom is -0.452 e. The Labute approximate surface area is 153 Å². The Morgan fingerprint density at radius 2 is 1.92 bits per heavy atom. The van der Waals surface area contributed by atoms with E-state index >= 15 is 0 Å². The van der Waals surface area contributed by atoms with Crippen LogP contribution in [0.2, 0.25) is 0 Å². The minimum absolute atomic E-state index is 0.192. The number of hydrogen-bond donors (Lipinski definition) is 1. The van der Waals surface area contributed by atoms with Gasteiger partial charge in [0, 0.05) is 9.26 Å². The van der Waals surface area contributed by atoms with Gasteiger partial charge in [-0.05, 0) is 64.4 Å². The lowest BCUT2D eigenvalue weighted by Gasteiger charge is -2.14. The summed E-state index contributed by atoms with van der Waals surface area (Å²) in [6.45, 7) is 3.58. The fourth-order valence-corrected chi connectivity index (χ4v) is 2.66. The zero-order valence-corrected chi connectivity index (χ0v) is 15.5. The molecule has 126 valence electrons. The number of hydrogen-bond acceptors (Lipinski definition) is 3. The summed E-state index contributed by atoms with van der Waals surface area (Å²) in [6, 6.07) is 11.2. The first-order chi connectivity index (χ1) is 11.4. The van der Waals surface area contributed by atoms with Crippen LogP contribution >= 0.6 is 22.6 Å². The van der Waals surface area contributed by atoms with Gasteiger partial charge in [-0.1, -0.05) is 26.0 Å². The molecule has 1 amide bonds. The number of rotatable bonds is 5. The molecule has 0 heterocycles. The van der Waals surface area contributed by atoms with Crippen LogP contribution in [0.3, 0.4) is 0 Å². The molecule has 0 aromatic heterocycles. The lowest BCUT2D eigenvalue weighted by Crippen LogP contribution is -2.22. The molecule has 0 saturated heterocycles. The van der Waals surface area contributed by atoms with Gasteiger partial charge in [0.05, 0.1) is 5.56 Å². The van der Waals surface area contributed by atoms with E-state index < -0.39 is 24.3 Å². The lowest BCUT2D eigenvalue weighted by molar-refractivity contribution is -0.119. The molecule has 2 aromatic rings. The molecule has 0 aliphatic carbocycles. The van der Waals surface area contributed by atoms with Crippen LogP contribution in [-0.4, -0.2) is 18.5 Å². The van der Waals surface area contributed by atoms with Crippen LogP contribution in [0.4, 0.5) is 10.1 Å². The van der Waals surface area contributed by atoms with Crippen LogP contribution in [0.25, 0.3) is 0 Å². The molecule has 6 heteroatoms. The third kappa shape index (κ3) is 4.77. The van der Waals surface area contributed by atoms with Crippen LogP contribution in [0.1, 0.15) is 35.7 Å². The van der Waals surface area contributed by atoms with Gasteiger partial charge in [0.25, 0.3) is 5.91 Å². The van der Waals surface area contributed by atoms with Crippen LogP contribution < -0.4 is 5.32 Å². The summed E-state index contributed by atoms with van der Waals surface area (Å²) >= 11 is 2.21. The Morgan fingerprint density at radius 1 is 1.21 bits per heavy atom. The highest BCUT2D eigenvalue weighted by Crippen LogP contribution is 2.26. The molecule has 1 N–H and O–H groups in total. The summed E-state index contributed by atoms with van der Waals surface area (Å²) < 4.78 is 19.4. The molecule has 0 atom stereocenters. The van der Waals surface area contributed by atoms with E-state index in [9.17, 15) is 14.0 Å². The lowest BCUT2D eigenvalue weighted by atomic mass is 10.0. The molecule has 2 rings (SSSR count). The van der Waals surface area contributed by atoms with E-state index in [4.69, 9.17) is 4.74 Å². The Bertz CT molecular complexity index is 762. The average molecular weight is 441 g/mol. The third-order valence-corrected chi connectivity index (χ3v) is 4.01. The predicted molar refractivity (Wildman–Crippen MR) is 98.6 cm³/mol. The normalized spacial score (nSPS) is 10.5. The van der Waals surface area contributed by atoms with Gasteiger partial charge in [0.1, 0.15) is 5.82 Å². The number of nitrogens with one attached hydrogen (secondary N) is 1. The largest absolute Gasteiger partial charge is 0.452 e. The van der Waals surface area contributed by atoms with Gasteiger partial charge >= 0.3 is 5.97 Å². The van der Waals surface area contributed by atoms with Crippen molar-refractivity contribution >= 4 is 40.2 Å². The number of carbonyl (C=O) groups is 2. The summed E-state index contributed by atoms with van der Waals surface area (Å²) in [5, 5.41) is 2.73. The summed E-state index contributed by atoms with van der Waals surface area (Å²) in [7, 11) is 0. The molecule has 2 aromatic carbocycles. The molecule has 0 aliphatic rings. The van der Waals surface area contributed by atoms with E-state index in [0.717, 1.165) is 15.2 Å². The molecular weight excluding hydrogens is 424 g/mol. The SMILES string of the molecule is CC(C)c1cc(I)ccc1NC(=O)COC(=O)c1ccccc1F. The number of anilines is 1. The molecule has 0 aliphatic heterocycles. The summed E-state index contributed by atoms with van der Waals surface area (Å²) in [6.07, 6.45) is 0. The van der Waals surface area contributed by atoms with Crippen LogP contribution in [0.5, 0.6) is 0 Å². The topological polar surface area (TPSA) is 55.4 Å². The van der Waals surface area contributed by atoms with Crippen LogP contribution in [0.15, 0.2) is 42.5 Å². The van der Waals surface area contributed by atoms with Gasteiger partial charge in [0.2, 0.25) is 0 Å². The Balaban J connectivity index is 1.99. The first-order valence-corrected chi connectivity index (χ1v) is 8.47. The van der Waals surface area contributed by atoms with Gasteiger partial charge in [-0.25, -0.2) is 9.18 Å². The van der Waals surface area contributed by atoms with E-state index in [0.29, 0.717) is 5.69 Å². The van der Waals surface area contributed by atoms with Crippen molar-refractivity contribution in [2.75, 3.05) is 11.9 Å². The van der Waals surface area contributed by atoms with Crippen molar-refractivity contribution in [2.45, 2.75) is 19.8 Å². The monoisotopic (exact) mass is 441 g/mol. The molecule has 0 radical (unpaired) electrons. The maximum Gasteiger partial charge on any atom is 0.341 e. The van der Waals surface area contributed by atoms with E-state index in [2.05, 4.69) is 27.9 Å². The quantitative estimate of drug-likeness (QED) is 0.555. The van der Waals surface area contributed by atoms with E-state index in [-0.39, 0.29) is 11.5 Å². The highest BCUT2D eigenvalue weighted by atomic mass is 127. The fourth-order valence-electron chi connectivity index (χ4n) is 2.15. The maximum atomic E-state index is 13.5. The first kappa shape index (κ1) is 18.4. The predicted octanol–water partition coefficient (Wildman–Crippen LogP) is 4.35. The van der Waals surface area contributed by atoms with Crippen molar-refractivity contribution in [1.29, 1.82) is 0 Å². The molecule has 0 saturated carbocycles. The smallest absolute Gasteiger partial charge is 0.341 e. The highest BCUT2D eigenvalue weighted by Gasteiger charge is 2.15. The number of benzene rings is 2. The van der Waals surface area contributed by atoms with Gasteiger partial charge in [-0.2, -0.15) is 0 Å². The van der Waals surface area contributed by atoms with E-state index in [1.807, 2.05) is 32.0 Å². The number of carbonyl (C=O) groups excluding carboxylic acids is 2. The Kier molecular flexibility index (Phi) is 6.30. The second-order valence-corrected chi connectivity index (χ2v) is 6.74. The van der Waals surface area contributed by atoms with Crippen molar-refractivity contribution in [3.8, 4) is 0 Å². The summed E-state index contributed by atoms with van der Waals surface area (Å²) in [5.74, 6) is -1.78. The van der Waals surface area contributed by atoms with Crippen LogP contribution in [0, 0.1) is 9.39 Å². The van der Waals surface area contributed by atoms with Gasteiger partial charge < -0.3 is 10.1 Å².